The summed E-state index contributed by atoms with van der Waals surface area (Å²) in [5.41, 5.74) is 5.90. The van der Waals surface area contributed by atoms with E-state index in [0.717, 1.165) is 32.4 Å². The molecule has 0 spiro atoms. The van der Waals surface area contributed by atoms with E-state index < -0.39 is 5.60 Å². The van der Waals surface area contributed by atoms with Gasteiger partial charge < -0.3 is 15.4 Å². The highest BCUT2D eigenvalue weighted by Crippen LogP contribution is 2.26. The van der Waals surface area contributed by atoms with Crippen LogP contribution in [0.3, 0.4) is 0 Å². The van der Waals surface area contributed by atoms with Crippen molar-refractivity contribution in [2.24, 2.45) is 17.6 Å². The largest absolute Gasteiger partial charge is 0.444 e. The molecule has 0 aliphatic carbocycles. The fourth-order valence-corrected chi connectivity index (χ4v) is 2.71. The number of hydrogen-bond acceptors (Lipinski definition) is 3. The van der Waals surface area contributed by atoms with Gasteiger partial charge in [-0.05, 0) is 45.4 Å². The Kier molecular flexibility index (Phi) is 5.65. The Morgan fingerprint density at radius 1 is 1.47 bits per heavy atom. The fourth-order valence-electron chi connectivity index (χ4n) is 2.71. The molecule has 1 saturated heterocycles. The van der Waals surface area contributed by atoms with Crippen molar-refractivity contribution in [2.45, 2.75) is 65.5 Å². The van der Waals surface area contributed by atoms with E-state index >= 15 is 0 Å². The van der Waals surface area contributed by atoms with E-state index in [-0.39, 0.29) is 12.1 Å². The molecule has 3 atom stereocenters. The van der Waals surface area contributed by atoms with Crippen molar-refractivity contribution >= 4 is 6.09 Å². The lowest BCUT2D eigenvalue weighted by atomic mass is 9.87. The first-order valence-corrected chi connectivity index (χ1v) is 7.48. The van der Waals surface area contributed by atoms with Crippen LogP contribution in [-0.2, 0) is 4.74 Å². The molecule has 0 aromatic carbocycles. The number of nitrogens with zero attached hydrogens (tertiary/aromatic N) is 1. The zero-order valence-electron chi connectivity index (χ0n) is 13.1. The molecule has 1 amide bonds. The lowest BCUT2D eigenvalue weighted by Crippen LogP contribution is -2.40. The molecule has 4 heteroatoms. The summed E-state index contributed by atoms with van der Waals surface area (Å²) >= 11 is 0. The van der Waals surface area contributed by atoms with Gasteiger partial charge in [0.05, 0.1) is 0 Å². The van der Waals surface area contributed by atoms with Crippen molar-refractivity contribution in [3.8, 4) is 0 Å². The van der Waals surface area contributed by atoms with Crippen LogP contribution in [0.2, 0.25) is 0 Å². The zero-order valence-corrected chi connectivity index (χ0v) is 13.1. The van der Waals surface area contributed by atoms with Crippen LogP contribution in [-0.4, -0.2) is 35.7 Å². The Balaban J connectivity index is 2.47. The molecule has 1 rings (SSSR count). The van der Waals surface area contributed by atoms with Gasteiger partial charge in [-0.15, -0.1) is 0 Å². The van der Waals surface area contributed by atoms with E-state index in [0.29, 0.717) is 11.8 Å². The Morgan fingerprint density at radius 3 is 2.63 bits per heavy atom. The summed E-state index contributed by atoms with van der Waals surface area (Å²) in [5, 5.41) is 0. The van der Waals surface area contributed by atoms with Gasteiger partial charge in [-0.1, -0.05) is 20.3 Å². The molecule has 0 saturated carbocycles. The molecule has 1 fully saturated rings. The predicted octanol–water partition coefficient (Wildman–Crippen LogP) is 3.01. The van der Waals surface area contributed by atoms with E-state index in [4.69, 9.17) is 10.5 Å². The second-order valence-corrected chi connectivity index (χ2v) is 6.82. The molecule has 0 bridgehead atoms. The highest BCUT2D eigenvalue weighted by molar-refractivity contribution is 5.68. The van der Waals surface area contributed by atoms with Crippen LogP contribution in [0.5, 0.6) is 0 Å². The van der Waals surface area contributed by atoms with Gasteiger partial charge >= 0.3 is 6.09 Å². The fraction of sp³-hybridized carbons (Fsp3) is 0.933. The molecule has 4 nitrogen and oxygen atoms in total. The average molecular weight is 270 g/mol. The summed E-state index contributed by atoms with van der Waals surface area (Å²) in [5.74, 6) is 0.933. The monoisotopic (exact) mass is 270 g/mol. The lowest BCUT2D eigenvalue weighted by molar-refractivity contribution is 0.0285. The van der Waals surface area contributed by atoms with Gasteiger partial charge in [-0.3, -0.25) is 0 Å². The Labute approximate surface area is 117 Å². The third-order valence-corrected chi connectivity index (χ3v) is 3.82. The van der Waals surface area contributed by atoms with Crippen molar-refractivity contribution in [3.63, 3.8) is 0 Å². The maximum atomic E-state index is 12.0. The van der Waals surface area contributed by atoms with Gasteiger partial charge in [0.15, 0.2) is 0 Å². The third-order valence-electron chi connectivity index (χ3n) is 3.82. The second kappa shape index (κ2) is 6.60. The maximum Gasteiger partial charge on any atom is 0.410 e. The van der Waals surface area contributed by atoms with E-state index in [9.17, 15) is 4.79 Å². The molecule has 0 aromatic heterocycles. The molecule has 1 heterocycles. The SMILES string of the molecule is CCCC(C)C(N)C1CCN(C(=O)OC(C)(C)C)C1. The maximum absolute atomic E-state index is 12.0. The molecule has 19 heavy (non-hydrogen) atoms. The van der Waals surface area contributed by atoms with Crippen molar-refractivity contribution in [3.05, 3.63) is 0 Å². The first-order valence-electron chi connectivity index (χ1n) is 7.48. The van der Waals surface area contributed by atoms with Crippen LogP contribution >= 0.6 is 0 Å². The van der Waals surface area contributed by atoms with Gasteiger partial charge in [0.25, 0.3) is 0 Å². The number of amides is 1. The quantitative estimate of drug-likeness (QED) is 0.854. The molecule has 2 N–H and O–H groups in total. The van der Waals surface area contributed by atoms with Crippen molar-refractivity contribution < 1.29 is 9.53 Å². The first kappa shape index (κ1) is 16.3. The predicted molar refractivity (Wildman–Crippen MR) is 78.0 cm³/mol. The van der Waals surface area contributed by atoms with Crippen LogP contribution in [0.1, 0.15) is 53.9 Å². The van der Waals surface area contributed by atoms with Gasteiger partial charge in [0.1, 0.15) is 5.60 Å². The molecule has 0 aromatic rings. The number of carbonyl (C=O) groups is 1. The van der Waals surface area contributed by atoms with Crippen LogP contribution in [0.15, 0.2) is 0 Å². The van der Waals surface area contributed by atoms with Crippen LogP contribution in [0.4, 0.5) is 4.79 Å². The van der Waals surface area contributed by atoms with Crippen molar-refractivity contribution in [1.82, 2.24) is 4.90 Å². The molecular weight excluding hydrogens is 240 g/mol. The summed E-state index contributed by atoms with van der Waals surface area (Å²) in [6, 6.07) is 0.187. The standard InChI is InChI=1S/C15H30N2O2/c1-6-7-11(2)13(16)12-8-9-17(10-12)14(18)19-15(3,4)5/h11-13H,6-10,16H2,1-5H3. The zero-order chi connectivity index (χ0) is 14.6. The number of nitrogens with two attached hydrogens (primary N) is 1. The number of likely N-dealkylation sites (tertiary alicyclic amines) is 1. The minimum Gasteiger partial charge on any atom is -0.444 e. The van der Waals surface area contributed by atoms with Crippen molar-refractivity contribution in [1.29, 1.82) is 0 Å². The number of ether oxygens (including phenoxy) is 1. The van der Waals surface area contributed by atoms with Gasteiger partial charge in [-0.2, -0.15) is 0 Å². The van der Waals surface area contributed by atoms with Crippen LogP contribution < -0.4 is 5.73 Å². The number of hydrogen-bond donors (Lipinski definition) is 1. The summed E-state index contributed by atoms with van der Waals surface area (Å²) < 4.78 is 5.40. The minimum atomic E-state index is -0.424. The molecule has 1 aliphatic rings. The summed E-state index contributed by atoms with van der Waals surface area (Å²) in [6.07, 6.45) is 3.11. The van der Waals surface area contributed by atoms with E-state index in [1.54, 1.807) is 4.90 Å². The van der Waals surface area contributed by atoms with Gasteiger partial charge in [0, 0.05) is 19.1 Å². The smallest absolute Gasteiger partial charge is 0.410 e. The van der Waals surface area contributed by atoms with E-state index in [1.165, 1.54) is 0 Å². The van der Waals surface area contributed by atoms with Crippen LogP contribution in [0.25, 0.3) is 0 Å². The van der Waals surface area contributed by atoms with Gasteiger partial charge in [-0.25, -0.2) is 4.79 Å². The number of rotatable bonds is 4. The van der Waals surface area contributed by atoms with Crippen molar-refractivity contribution in [2.75, 3.05) is 13.1 Å². The third kappa shape index (κ3) is 5.01. The highest BCUT2D eigenvalue weighted by atomic mass is 16.6. The van der Waals surface area contributed by atoms with Crippen LogP contribution in [0, 0.1) is 11.8 Å². The topological polar surface area (TPSA) is 55.6 Å². The normalized spacial score (nSPS) is 23.3. The number of carbonyl (C=O) groups excluding carboxylic acids is 1. The average Bonchev–Trinajstić information content (AvgIpc) is 2.75. The summed E-state index contributed by atoms with van der Waals surface area (Å²) in [7, 11) is 0. The Morgan fingerprint density at radius 2 is 2.11 bits per heavy atom. The highest BCUT2D eigenvalue weighted by Gasteiger charge is 2.34. The second-order valence-electron chi connectivity index (χ2n) is 6.82. The molecule has 0 radical (unpaired) electrons. The molecule has 1 aliphatic heterocycles. The van der Waals surface area contributed by atoms with E-state index in [1.807, 2.05) is 20.8 Å². The Bertz CT molecular complexity index is 299. The summed E-state index contributed by atoms with van der Waals surface area (Å²) in [6.45, 7) is 11.6. The summed E-state index contributed by atoms with van der Waals surface area (Å²) in [4.78, 5) is 13.8. The minimum absolute atomic E-state index is 0.187. The van der Waals surface area contributed by atoms with Gasteiger partial charge in [0.2, 0.25) is 0 Å². The molecular formula is C15H30N2O2. The van der Waals surface area contributed by atoms with E-state index in [2.05, 4.69) is 13.8 Å². The molecule has 112 valence electrons. The Hall–Kier alpha value is -0.770. The first-order chi connectivity index (χ1) is 8.74. The molecule has 3 unspecified atom stereocenters. The lowest BCUT2D eigenvalue weighted by Gasteiger charge is -2.27.